The van der Waals surface area contributed by atoms with Gasteiger partial charge in [0.15, 0.2) is 0 Å². The van der Waals surface area contributed by atoms with Gasteiger partial charge in [0.1, 0.15) is 0 Å². The first-order chi connectivity index (χ1) is 5.83. The van der Waals surface area contributed by atoms with Crippen molar-refractivity contribution in [2.24, 2.45) is 10.8 Å². The average molecular weight is 186 g/mol. The van der Waals surface area contributed by atoms with Crippen molar-refractivity contribution in [3.8, 4) is 0 Å². The lowest BCUT2D eigenvalue weighted by atomic mass is 9.62. The maximum absolute atomic E-state index is 5.58. The van der Waals surface area contributed by atoms with Gasteiger partial charge < -0.3 is 4.74 Å². The highest BCUT2D eigenvalue weighted by atomic mass is 16.5. The summed E-state index contributed by atoms with van der Waals surface area (Å²) in [6.45, 7) is 13.7. The second kappa shape index (κ2) is 4.45. The number of ether oxygens (including phenoxy) is 1. The van der Waals surface area contributed by atoms with Crippen LogP contribution in [0.5, 0.6) is 0 Å². The predicted molar refractivity (Wildman–Crippen MR) is 58.9 cm³/mol. The number of hydrogen-bond acceptors (Lipinski definition) is 1. The van der Waals surface area contributed by atoms with E-state index in [2.05, 4.69) is 41.5 Å². The van der Waals surface area contributed by atoms with Gasteiger partial charge in [0, 0.05) is 7.11 Å². The highest BCUT2D eigenvalue weighted by molar-refractivity contribution is 4.91. The molecule has 13 heavy (non-hydrogen) atoms. The Morgan fingerprint density at radius 2 is 1.54 bits per heavy atom. The van der Waals surface area contributed by atoms with Crippen molar-refractivity contribution in [1.82, 2.24) is 0 Å². The molecule has 1 nitrogen and oxygen atoms in total. The molecule has 0 aromatic rings. The number of methoxy groups -OCH3 is 1. The Morgan fingerprint density at radius 3 is 1.62 bits per heavy atom. The molecule has 2 unspecified atom stereocenters. The lowest BCUT2D eigenvalue weighted by Gasteiger charge is -2.46. The molecule has 0 fully saturated rings. The monoisotopic (exact) mass is 186 g/mol. The normalized spacial score (nSPS) is 19.6. The standard InChI is InChI=1S/C12H26O/c1-8-10(13-7)12(6,9-2)11(3,4)5/h10H,8-9H2,1-7H3. The van der Waals surface area contributed by atoms with E-state index in [0.29, 0.717) is 11.5 Å². The third-order valence-corrected chi connectivity index (χ3v) is 3.81. The van der Waals surface area contributed by atoms with Gasteiger partial charge in [0.25, 0.3) is 0 Å². The lowest BCUT2D eigenvalue weighted by molar-refractivity contribution is -0.0698. The molecule has 0 aromatic carbocycles. The van der Waals surface area contributed by atoms with Crippen LogP contribution in [-0.4, -0.2) is 13.2 Å². The molecule has 0 aliphatic carbocycles. The van der Waals surface area contributed by atoms with Crippen LogP contribution >= 0.6 is 0 Å². The summed E-state index contributed by atoms with van der Waals surface area (Å²) in [7, 11) is 1.83. The average Bonchev–Trinajstić information content (AvgIpc) is 2.04. The van der Waals surface area contributed by atoms with Gasteiger partial charge in [-0.25, -0.2) is 0 Å². The van der Waals surface area contributed by atoms with Gasteiger partial charge in [-0.2, -0.15) is 0 Å². The van der Waals surface area contributed by atoms with Gasteiger partial charge >= 0.3 is 0 Å². The van der Waals surface area contributed by atoms with Crippen LogP contribution in [0.4, 0.5) is 0 Å². The van der Waals surface area contributed by atoms with Gasteiger partial charge in [0.2, 0.25) is 0 Å². The molecule has 0 aliphatic rings. The van der Waals surface area contributed by atoms with Crippen molar-refractivity contribution in [3.05, 3.63) is 0 Å². The van der Waals surface area contributed by atoms with E-state index >= 15 is 0 Å². The first kappa shape index (κ1) is 13.0. The van der Waals surface area contributed by atoms with Crippen LogP contribution in [0.2, 0.25) is 0 Å². The van der Waals surface area contributed by atoms with Gasteiger partial charge in [0.05, 0.1) is 6.10 Å². The number of hydrogen-bond donors (Lipinski definition) is 0. The maximum Gasteiger partial charge on any atom is 0.0627 e. The summed E-state index contributed by atoms with van der Waals surface area (Å²) < 4.78 is 5.58. The smallest absolute Gasteiger partial charge is 0.0627 e. The fourth-order valence-electron chi connectivity index (χ4n) is 2.12. The van der Waals surface area contributed by atoms with E-state index in [4.69, 9.17) is 4.74 Å². The largest absolute Gasteiger partial charge is 0.381 e. The molecular weight excluding hydrogens is 160 g/mol. The Bertz CT molecular complexity index is 142. The first-order valence-electron chi connectivity index (χ1n) is 5.36. The molecule has 0 aromatic heterocycles. The third-order valence-electron chi connectivity index (χ3n) is 3.81. The molecule has 0 aliphatic heterocycles. The topological polar surface area (TPSA) is 9.23 Å². The second-order valence-electron chi connectivity index (χ2n) is 5.15. The zero-order valence-corrected chi connectivity index (χ0v) is 10.4. The van der Waals surface area contributed by atoms with Crippen LogP contribution in [0, 0.1) is 10.8 Å². The van der Waals surface area contributed by atoms with Gasteiger partial charge in [-0.15, -0.1) is 0 Å². The summed E-state index contributed by atoms with van der Waals surface area (Å²) >= 11 is 0. The summed E-state index contributed by atoms with van der Waals surface area (Å²) in [5.74, 6) is 0. The van der Waals surface area contributed by atoms with Crippen LogP contribution in [-0.2, 0) is 4.74 Å². The zero-order chi connectivity index (χ0) is 10.7. The zero-order valence-electron chi connectivity index (χ0n) is 10.4. The summed E-state index contributed by atoms with van der Waals surface area (Å²) in [5.41, 5.74) is 0.578. The van der Waals surface area contributed by atoms with Crippen molar-refractivity contribution in [3.63, 3.8) is 0 Å². The molecule has 80 valence electrons. The lowest BCUT2D eigenvalue weighted by Crippen LogP contribution is -2.43. The fraction of sp³-hybridized carbons (Fsp3) is 1.00. The van der Waals surface area contributed by atoms with Crippen LogP contribution in [0.1, 0.15) is 54.4 Å². The van der Waals surface area contributed by atoms with Crippen LogP contribution in [0.25, 0.3) is 0 Å². The summed E-state index contributed by atoms with van der Waals surface area (Å²) in [6.07, 6.45) is 2.64. The van der Waals surface area contributed by atoms with Crippen LogP contribution in [0.15, 0.2) is 0 Å². The highest BCUT2D eigenvalue weighted by Crippen LogP contribution is 2.45. The van der Waals surface area contributed by atoms with E-state index in [9.17, 15) is 0 Å². The van der Waals surface area contributed by atoms with Crippen molar-refractivity contribution in [1.29, 1.82) is 0 Å². The Balaban J connectivity index is 4.80. The first-order valence-corrected chi connectivity index (χ1v) is 5.36. The molecule has 0 saturated carbocycles. The third kappa shape index (κ3) is 2.46. The van der Waals surface area contributed by atoms with Gasteiger partial charge in [-0.05, 0) is 23.7 Å². The summed E-state index contributed by atoms with van der Waals surface area (Å²) in [5, 5.41) is 0. The summed E-state index contributed by atoms with van der Waals surface area (Å²) in [4.78, 5) is 0. The Labute approximate surface area is 83.9 Å². The Kier molecular flexibility index (Phi) is 4.44. The fourth-order valence-corrected chi connectivity index (χ4v) is 2.12. The molecular formula is C12H26O. The Hall–Kier alpha value is -0.0400. The Morgan fingerprint density at radius 1 is 1.08 bits per heavy atom. The minimum Gasteiger partial charge on any atom is -0.381 e. The maximum atomic E-state index is 5.58. The van der Waals surface area contributed by atoms with Crippen molar-refractivity contribution >= 4 is 0 Å². The quantitative estimate of drug-likeness (QED) is 0.647. The van der Waals surface area contributed by atoms with Crippen LogP contribution < -0.4 is 0 Å². The molecule has 1 heteroatoms. The molecule has 0 bridgehead atoms. The van der Waals surface area contributed by atoms with E-state index < -0.39 is 0 Å². The molecule has 2 atom stereocenters. The SMILES string of the molecule is CCC(OC)C(C)(CC)C(C)(C)C. The van der Waals surface area contributed by atoms with E-state index in [1.165, 1.54) is 6.42 Å². The van der Waals surface area contributed by atoms with Crippen molar-refractivity contribution < 1.29 is 4.74 Å². The minimum atomic E-state index is 0.274. The highest BCUT2D eigenvalue weighted by Gasteiger charge is 2.41. The minimum absolute atomic E-state index is 0.274. The van der Waals surface area contributed by atoms with E-state index in [0.717, 1.165) is 6.42 Å². The molecule has 0 saturated heterocycles. The summed E-state index contributed by atoms with van der Waals surface area (Å²) in [6, 6.07) is 0. The van der Waals surface area contributed by atoms with Crippen molar-refractivity contribution in [2.75, 3.05) is 7.11 Å². The predicted octanol–water partition coefficient (Wildman–Crippen LogP) is 3.87. The van der Waals surface area contributed by atoms with E-state index in [1.54, 1.807) is 0 Å². The molecule has 0 amide bonds. The van der Waals surface area contributed by atoms with E-state index in [1.807, 2.05) is 7.11 Å². The second-order valence-corrected chi connectivity index (χ2v) is 5.15. The van der Waals surface area contributed by atoms with Gasteiger partial charge in [-0.3, -0.25) is 0 Å². The van der Waals surface area contributed by atoms with E-state index in [-0.39, 0.29) is 5.41 Å². The molecule has 0 radical (unpaired) electrons. The molecule has 0 spiro atoms. The number of rotatable bonds is 4. The van der Waals surface area contributed by atoms with Crippen molar-refractivity contribution in [2.45, 2.75) is 60.5 Å². The molecule has 0 heterocycles. The van der Waals surface area contributed by atoms with Gasteiger partial charge in [-0.1, -0.05) is 41.5 Å². The molecule has 0 N–H and O–H groups in total. The molecule has 0 rings (SSSR count). The van der Waals surface area contributed by atoms with Crippen LogP contribution in [0.3, 0.4) is 0 Å².